The number of carboxylic acids is 2. The van der Waals surface area contributed by atoms with E-state index in [-0.39, 0.29) is 33.6 Å². The van der Waals surface area contributed by atoms with Crippen LogP contribution in [0.1, 0.15) is 135 Å². The van der Waals surface area contributed by atoms with Gasteiger partial charge in [0.15, 0.2) is 0 Å². The fourth-order valence-electron chi connectivity index (χ4n) is 13.8. The van der Waals surface area contributed by atoms with Crippen LogP contribution < -0.4 is 0 Å². The van der Waals surface area contributed by atoms with E-state index < -0.39 is 11.9 Å². The zero-order chi connectivity index (χ0) is 36.4. The number of aliphatic carboxylic acids is 1. The Labute approximate surface area is 301 Å². The average Bonchev–Trinajstić information content (AvgIpc) is 3.45. The quantitative estimate of drug-likeness (QED) is 0.225. The Balaban J connectivity index is 1.28. The van der Waals surface area contributed by atoms with Crippen LogP contribution in [0.4, 0.5) is 0 Å². The van der Waals surface area contributed by atoms with Crippen molar-refractivity contribution >= 4 is 23.3 Å². The zero-order valence-electron chi connectivity index (χ0n) is 31.9. The van der Waals surface area contributed by atoms with Gasteiger partial charge in [0.25, 0.3) is 0 Å². The van der Waals surface area contributed by atoms with Crippen LogP contribution in [0.5, 0.6) is 0 Å². The van der Waals surface area contributed by atoms with E-state index in [0.29, 0.717) is 60.4 Å². The van der Waals surface area contributed by atoms with E-state index in [1.54, 1.807) is 12.1 Å². The summed E-state index contributed by atoms with van der Waals surface area (Å²) in [4.78, 5) is 39.3. The molecule has 6 heteroatoms. The molecule has 6 rings (SSSR count). The van der Waals surface area contributed by atoms with E-state index in [0.717, 1.165) is 44.1 Å². The van der Waals surface area contributed by atoms with Gasteiger partial charge in [0, 0.05) is 11.8 Å². The summed E-state index contributed by atoms with van der Waals surface area (Å²) >= 11 is 0. The summed E-state index contributed by atoms with van der Waals surface area (Å²) in [5.74, 6) is 1.12. The number of fused-ring (bicyclic) bond motifs is 7. The first-order valence-corrected chi connectivity index (χ1v) is 19.6. The van der Waals surface area contributed by atoms with E-state index in [1.165, 1.54) is 36.8 Å². The molecule has 0 spiro atoms. The van der Waals surface area contributed by atoms with Gasteiger partial charge in [-0.05, 0) is 159 Å². The van der Waals surface area contributed by atoms with Crippen molar-refractivity contribution in [2.75, 3.05) is 19.6 Å². The lowest BCUT2D eigenvalue weighted by Gasteiger charge is -2.72. The van der Waals surface area contributed by atoms with Gasteiger partial charge >= 0.3 is 11.9 Å². The van der Waals surface area contributed by atoms with E-state index in [4.69, 9.17) is 0 Å². The lowest BCUT2D eigenvalue weighted by molar-refractivity contribution is -0.224. The molecule has 4 fully saturated rings. The summed E-state index contributed by atoms with van der Waals surface area (Å²) in [6.45, 7) is 22.8. The molecule has 5 aliphatic rings. The molecule has 0 aromatic heterocycles. The topological polar surface area (TPSA) is 94.9 Å². The molecule has 0 heterocycles. The number of ketones is 1. The van der Waals surface area contributed by atoms with Crippen molar-refractivity contribution in [1.29, 1.82) is 0 Å². The van der Waals surface area contributed by atoms with E-state index >= 15 is 0 Å². The van der Waals surface area contributed by atoms with Gasteiger partial charge in [0.2, 0.25) is 0 Å². The molecular weight excluding hydrogens is 622 g/mol. The van der Waals surface area contributed by atoms with Crippen molar-refractivity contribution in [3.63, 3.8) is 0 Å². The summed E-state index contributed by atoms with van der Waals surface area (Å²) in [7, 11) is 0. The molecule has 274 valence electrons. The zero-order valence-corrected chi connectivity index (χ0v) is 31.9. The fourth-order valence-corrected chi connectivity index (χ4v) is 13.8. The number of Topliss-reactive ketones (excluding diaryl/α,β-unsaturated/α-hetero) is 1. The minimum absolute atomic E-state index is 0.0285. The molecular formula is C44H63NO5. The third kappa shape index (κ3) is 5.56. The van der Waals surface area contributed by atoms with Crippen molar-refractivity contribution in [3.05, 3.63) is 53.6 Å². The van der Waals surface area contributed by atoms with Gasteiger partial charge in [-0.15, -0.1) is 0 Å². The van der Waals surface area contributed by atoms with Gasteiger partial charge in [-0.25, -0.2) is 4.79 Å². The van der Waals surface area contributed by atoms with Crippen LogP contribution in [0.15, 0.2) is 42.5 Å². The Morgan fingerprint density at radius 2 is 1.58 bits per heavy atom. The molecule has 0 radical (unpaired) electrons. The normalized spacial score (nSPS) is 38.6. The Morgan fingerprint density at radius 1 is 0.880 bits per heavy atom. The highest BCUT2D eigenvalue weighted by molar-refractivity contribution is 5.88. The lowest BCUT2D eigenvalue weighted by atomic mass is 9.32. The van der Waals surface area contributed by atoms with Crippen LogP contribution in [0.2, 0.25) is 0 Å². The highest BCUT2D eigenvalue weighted by Gasteiger charge is 2.71. The largest absolute Gasteiger partial charge is 0.480 e. The number of carbonyl (C=O) groups is 3. The van der Waals surface area contributed by atoms with Gasteiger partial charge in [-0.3, -0.25) is 14.5 Å². The number of hydrogen-bond acceptors (Lipinski definition) is 4. The molecule has 5 aliphatic carbocycles. The van der Waals surface area contributed by atoms with E-state index in [9.17, 15) is 24.6 Å². The summed E-state index contributed by atoms with van der Waals surface area (Å²) in [6, 6.07) is 7.50. The van der Waals surface area contributed by atoms with Crippen LogP contribution in [0.25, 0.3) is 5.57 Å². The molecule has 4 saturated carbocycles. The first-order valence-electron chi connectivity index (χ1n) is 19.6. The Kier molecular flexibility index (Phi) is 9.66. The van der Waals surface area contributed by atoms with E-state index in [2.05, 4.69) is 54.2 Å². The molecule has 0 aliphatic heterocycles. The second-order valence-corrected chi connectivity index (χ2v) is 18.6. The minimum Gasteiger partial charge on any atom is -0.480 e. The van der Waals surface area contributed by atoms with Crippen molar-refractivity contribution in [3.8, 4) is 0 Å². The summed E-state index contributed by atoms with van der Waals surface area (Å²) in [5.41, 5.74) is 4.29. The van der Waals surface area contributed by atoms with Crippen molar-refractivity contribution in [2.24, 2.45) is 56.7 Å². The second kappa shape index (κ2) is 13.0. The predicted molar refractivity (Wildman–Crippen MR) is 200 cm³/mol. The van der Waals surface area contributed by atoms with Gasteiger partial charge in [-0.2, -0.15) is 0 Å². The first kappa shape index (κ1) is 37.0. The number of carbonyl (C=O) groups excluding carboxylic acids is 1. The van der Waals surface area contributed by atoms with Crippen LogP contribution in [0.3, 0.4) is 0 Å². The van der Waals surface area contributed by atoms with Crippen molar-refractivity contribution < 1.29 is 24.6 Å². The number of rotatable bonds is 11. The van der Waals surface area contributed by atoms with Crippen molar-refractivity contribution in [1.82, 2.24) is 4.90 Å². The SMILES string of the molecule is C=C(C)[C@@H]1CC[C@]2(C(=O)CCCN(CC)CC(=O)O)CC[C@]3(C)[C@H](CC[C@@H]4[C@@]5(C)CC=C(c6ccc(C(=O)O)cc6)C(C)(C)[C@@H]5CC[C@]43C)[C@@H]12. The second-order valence-electron chi connectivity index (χ2n) is 18.6. The maximum Gasteiger partial charge on any atom is 0.335 e. The summed E-state index contributed by atoms with van der Waals surface area (Å²) < 4.78 is 0. The number of likely N-dealkylation sites (N-methyl/N-ethyl adjacent to an activating group) is 1. The Bertz CT molecular complexity index is 1560. The molecule has 9 atom stereocenters. The predicted octanol–water partition coefficient (Wildman–Crippen LogP) is 9.79. The molecule has 2 N–H and O–H groups in total. The molecule has 1 aromatic carbocycles. The highest BCUT2D eigenvalue weighted by atomic mass is 16.4. The minimum atomic E-state index is -0.885. The Morgan fingerprint density at radius 3 is 2.20 bits per heavy atom. The molecule has 1 aromatic rings. The average molecular weight is 686 g/mol. The number of benzene rings is 1. The van der Waals surface area contributed by atoms with Crippen LogP contribution in [-0.4, -0.2) is 52.5 Å². The number of aromatic carboxylic acids is 1. The highest BCUT2D eigenvalue weighted by Crippen LogP contribution is 2.78. The number of hydrogen-bond donors (Lipinski definition) is 2. The molecule has 50 heavy (non-hydrogen) atoms. The van der Waals surface area contributed by atoms with Crippen LogP contribution >= 0.6 is 0 Å². The van der Waals surface area contributed by atoms with Gasteiger partial charge < -0.3 is 10.2 Å². The maximum absolute atomic E-state index is 14.5. The van der Waals surface area contributed by atoms with Gasteiger partial charge in [-0.1, -0.05) is 71.9 Å². The fraction of sp³-hybridized carbons (Fsp3) is 0.705. The van der Waals surface area contributed by atoms with Gasteiger partial charge in [0.05, 0.1) is 12.1 Å². The number of allylic oxidation sites excluding steroid dienone is 3. The van der Waals surface area contributed by atoms with Crippen molar-refractivity contribution in [2.45, 2.75) is 119 Å². The lowest BCUT2D eigenvalue weighted by Crippen LogP contribution is -2.65. The molecule has 6 nitrogen and oxygen atoms in total. The molecule has 0 bridgehead atoms. The van der Waals surface area contributed by atoms with E-state index in [1.807, 2.05) is 24.0 Å². The first-order chi connectivity index (χ1) is 23.5. The standard InChI is InChI=1S/C44H63NO5/c1-9-45(27-37(47)48)26-10-11-36(46)44-23-18-31(28(2)3)38(44)33-16-17-35-41(6)21-19-32(29-12-14-30(15-13-29)39(49)50)40(4,5)34(41)20-22-43(35,8)42(33,7)24-25-44/h12-15,19,31,33-35,38H,2,9-11,16-18,20-27H2,1,3-8H3,(H,47,48)(H,49,50)/t31-,33+,34-,35+,38+,41-,42+,43+,44+/m0/s1. The number of carboxylic acid groups (broad SMARTS) is 2. The number of nitrogens with zero attached hydrogens (tertiary/aromatic N) is 1. The maximum atomic E-state index is 14.5. The van der Waals surface area contributed by atoms with Crippen LogP contribution in [0, 0.1) is 56.7 Å². The monoisotopic (exact) mass is 685 g/mol. The molecule has 0 saturated heterocycles. The Hall–Kier alpha value is -2.73. The van der Waals surface area contributed by atoms with Gasteiger partial charge in [0.1, 0.15) is 5.78 Å². The molecule has 0 amide bonds. The molecule has 0 unspecified atom stereocenters. The third-order valence-electron chi connectivity index (χ3n) is 16.3. The summed E-state index contributed by atoms with van der Waals surface area (Å²) in [5, 5.41) is 18.8. The summed E-state index contributed by atoms with van der Waals surface area (Å²) in [6.07, 6.45) is 13.7. The van der Waals surface area contributed by atoms with Crippen LogP contribution in [-0.2, 0) is 9.59 Å². The smallest absolute Gasteiger partial charge is 0.335 e. The third-order valence-corrected chi connectivity index (χ3v) is 16.3.